The van der Waals surface area contributed by atoms with Gasteiger partial charge in [0.1, 0.15) is 24.3 Å². The van der Waals surface area contributed by atoms with Gasteiger partial charge in [0.05, 0.1) is 18.4 Å². The number of benzene rings is 1. The lowest BCUT2D eigenvalue weighted by Gasteiger charge is -2.34. The summed E-state index contributed by atoms with van der Waals surface area (Å²) < 4.78 is 20.2. The minimum Gasteiger partial charge on any atom is -0.491 e. The van der Waals surface area contributed by atoms with Crippen molar-refractivity contribution in [3.8, 4) is 5.75 Å². The highest BCUT2D eigenvalue weighted by Gasteiger charge is 2.22. The van der Waals surface area contributed by atoms with E-state index in [0.717, 1.165) is 38.2 Å². The van der Waals surface area contributed by atoms with Crippen molar-refractivity contribution in [3.05, 3.63) is 42.5 Å². The minimum absolute atomic E-state index is 0.0900. The van der Waals surface area contributed by atoms with Crippen LogP contribution in [0.2, 0.25) is 0 Å². The van der Waals surface area contributed by atoms with Crippen LogP contribution in [-0.2, 0) is 7.05 Å². The molecule has 1 saturated heterocycles. The fraction of sp³-hybridized carbons (Fsp3) is 0.524. The molecule has 8 nitrogen and oxygen atoms in total. The van der Waals surface area contributed by atoms with E-state index in [-0.39, 0.29) is 25.0 Å². The Bertz CT molecular complexity index is 810. The summed E-state index contributed by atoms with van der Waals surface area (Å²) in [6.45, 7) is 4.91. The molecule has 30 heavy (non-hydrogen) atoms. The number of nitrogens with zero attached hydrogens (tertiary/aromatic N) is 4. The zero-order valence-corrected chi connectivity index (χ0v) is 17.6. The second-order valence-electron chi connectivity index (χ2n) is 7.44. The van der Waals surface area contributed by atoms with Crippen molar-refractivity contribution in [1.29, 1.82) is 0 Å². The topological polar surface area (TPSA) is 86.9 Å². The highest BCUT2D eigenvalue weighted by atomic mass is 19.1. The number of piperidine rings is 1. The van der Waals surface area contributed by atoms with Crippen LogP contribution in [0.15, 0.2) is 41.7 Å². The largest absolute Gasteiger partial charge is 0.491 e. The van der Waals surface area contributed by atoms with Gasteiger partial charge in [-0.05, 0) is 44.0 Å². The van der Waals surface area contributed by atoms with Gasteiger partial charge in [-0.3, -0.25) is 9.67 Å². The predicted molar refractivity (Wildman–Crippen MR) is 115 cm³/mol. The smallest absolute Gasteiger partial charge is 0.191 e. The van der Waals surface area contributed by atoms with Crippen LogP contribution in [0.5, 0.6) is 5.75 Å². The third kappa shape index (κ3) is 6.62. The zero-order chi connectivity index (χ0) is 21.3. The Morgan fingerprint density at radius 2 is 2.20 bits per heavy atom. The summed E-state index contributed by atoms with van der Waals surface area (Å²) in [4.78, 5) is 6.83. The van der Waals surface area contributed by atoms with E-state index in [1.54, 1.807) is 0 Å². The minimum atomic E-state index is -0.760. The van der Waals surface area contributed by atoms with Crippen molar-refractivity contribution < 1.29 is 14.2 Å². The van der Waals surface area contributed by atoms with Crippen LogP contribution in [0.3, 0.4) is 0 Å². The predicted octanol–water partition coefficient (Wildman–Crippen LogP) is 1.52. The van der Waals surface area contributed by atoms with E-state index in [2.05, 4.69) is 25.6 Å². The zero-order valence-electron chi connectivity index (χ0n) is 17.6. The van der Waals surface area contributed by atoms with Crippen LogP contribution in [0.25, 0.3) is 0 Å². The van der Waals surface area contributed by atoms with Gasteiger partial charge in [0.25, 0.3) is 0 Å². The second-order valence-corrected chi connectivity index (χ2v) is 7.44. The average Bonchev–Trinajstić information content (AvgIpc) is 3.18. The maximum absolute atomic E-state index is 12.9. The summed E-state index contributed by atoms with van der Waals surface area (Å²) in [5, 5.41) is 21.2. The van der Waals surface area contributed by atoms with Gasteiger partial charge in [-0.1, -0.05) is 0 Å². The summed E-state index contributed by atoms with van der Waals surface area (Å²) in [5.74, 6) is 0.872. The van der Waals surface area contributed by atoms with E-state index in [9.17, 15) is 9.50 Å². The van der Waals surface area contributed by atoms with E-state index >= 15 is 0 Å². The number of aliphatic imine (C=N–C) groups is 1. The molecule has 1 fully saturated rings. The molecule has 2 unspecified atom stereocenters. The van der Waals surface area contributed by atoms with E-state index < -0.39 is 6.10 Å². The SMILES string of the molecule is CCNC(=NCC(O)COc1ccc(F)cc1)NC1CCCN(c2cnn(C)c2)C1. The lowest BCUT2D eigenvalue weighted by atomic mass is 10.1. The summed E-state index contributed by atoms with van der Waals surface area (Å²) in [6, 6.07) is 5.98. The van der Waals surface area contributed by atoms with E-state index in [1.807, 2.05) is 31.0 Å². The molecule has 1 aromatic heterocycles. The number of guanidine groups is 1. The lowest BCUT2D eigenvalue weighted by molar-refractivity contribution is 0.114. The number of anilines is 1. The van der Waals surface area contributed by atoms with E-state index in [1.165, 1.54) is 24.3 Å². The second kappa shape index (κ2) is 10.8. The first-order valence-electron chi connectivity index (χ1n) is 10.4. The van der Waals surface area contributed by atoms with Gasteiger partial charge in [-0.2, -0.15) is 5.10 Å². The van der Waals surface area contributed by atoms with Gasteiger partial charge in [-0.25, -0.2) is 4.39 Å². The van der Waals surface area contributed by atoms with Crippen LogP contribution in [0.1, 0.15) is 19.8 Å². The van der Waals surface area contributed by atoms with Crippen molar-refractivity contribution in [2.45, 2.75) is 31.9 Å². The molecule has 1 aliphatic heterocycles. The van der Waals surface area contributed by atoms with Crippen molar-refractivity contribution in [2.75, 3.05) is 37.7 Å². The van der Waals surface area contributed by atoms with Crippen LogP contribution < -0.4 is 20.3 Å². The summed E-state index contributed by atoms with van der Waals surface area (Å²) in [6.07, 6.45) is 5.29. The maximum Gasteiger partial charge on any atom is 0.191 e. The van der Waals surface area contributed by atoms with Gasteiger partial charge >= 0.3 is 0 Å². The van der Waals surface area contributed by atoms with Crippen molar-refractivity contribution in [1.82, 2.24) is 20.4 Å². The number of aliphatic hydroxyl groups is 1. The molecular weight excluding hydrogens is 387 g/mol. The number of halogens is 1. The lowest BCUT2D eigenvalue weighted by Crippen LogP contribution is -2.51. The highest BCUT2D eigenvalue weighted by molar-refractivity contribution is 5.80. The van der Waals surface area contributed by atoms with Crippen molar-refractivity contribution >= 4 is 11.6 Å². The van der Waals surface area contributed by atoms with Gasteiger partial charge in [0.15, 0.2) is 5.96 Å². The summed E-state index contributed by atoms with van der Waals surface area (Å²) >= 11 is 0. The van der Waals surface area contributed by atoms with Gasteiger partial charge < -0.3 is 25.4 Å². The molecule has 2 heterocycles. The quantitative estimate of drug-likeness (QED) is 0.445. The van der Waals surface area contributed by atoms with Gasteiger partial charge in [0, 0.05) is 38.9 Å². The molecule has 0 amide bonds. The Hall–Kier alpha value is -2.81. The molecular formula is C21H31FN6O2. The van der Waals surface area contributed by atoms with Gasteiger partial charge in [-0.15, -0.1) is 0 Å². The first-order valence-corrected chi connectivity index (χ1v) is 10.4. The normalized spacial score (nSPS) is 18.2. The first-order chi connectivity index (χ1) is 14.5. The molecule has 2 aromatic rings. The third-order valence-electron chi connectivity index (χ3n) is 4.88. The maximum atomic E-state index is 12.9. The molecule has 9 heteroatoms. The van der Waals surface area contributed by atoms with Crippen molar-refractivity contribution in [2.24, 2.45) is 12.0 Å². The summed E-state index contributed by atoms with van der Waals surface area (Å²) in [7, 11) is 1.92. The van der Waals surface area contributed by atoms with Crippen LogP contribution in [0, 0.1) is 5.82 Å². The molecule has 164 valence electrons. The Kier molecular flexibility index (Phi) is 7.89. The molecule has 1 aliphatic rings. The molecule has 0 spiro atoms. The summed E-state index contributed by atoms with van der Waals surface area (Å²) in [5.41, 5.74) is 1.12. The molecule has 0 aliphatic carbocycles. The molecule has 3 rings (SSSR count). The number of aryl methyl sites for hydroxylation is 1. The number of aromatic nitrogens is 2. The standard InChI is InChI=1S/C21H31FN6O2/c1-3-23-21(24-12-19(29)15-30-20-8-6-16(22)7-9-20)26-17-5-4-10-28(13-17)18-11-25-27(2)14-18/h6-9,11,14,17,19,29H,3-5,10,12-13,15H2,1-2H3,(H2,23,24,26). The average molecular weight is 419 g/mol. The van der Waals surface area contributed by atoms with Crippen LogP contribution in [0.4, 0.5) is 10.1 Å². The Morgan fingerprint density at radius 3 is 2.90 bits per heavy atom. The first kappa shape index (κ1) is 21.9. The fourth-order valence-corrected chi connectivity index (χ4v) is 3.39. The molecule has 0 saturated carbocycles. The van der Waals surface area contributed by atoms with Crippen LogP contribution in [-0.4, -0.2) is 65.8 Å². The number of hydrogen-bond donors (Lipinski definition) is 3. The van der Waals surface area contributed by atoms with E-state index in [0.29, 0.717) is 11.7 Å². The molecule has 0 radical (unpaired) electrons. The molecule has 2 atom stereocenters. The monoisotopic (exact) mass is 418 g/mol. The number of ether oxygens (including phenoxy) is 1. The number of nitrogens with one attached hydrogen (secondary N) is 2. The molecule has 0 bridgehead atoms. The van der Waals surface area contributed by atoms with Gasteiger partial charge in [0.2, 0.25) is 0 Å². The number of rotatable bonds is 8. The fourth-order valence-electron chi connectivity index (χ4n) is 3.39. The third-order valence-corrected chi connectivity index (χ3v) is 4.88. The Morgan fingerprint density at radius 1 is 1.40 bits per heavy atom. The van der Waals surface area contributed by atoms with Crippen molar-refractivity contribution in [3.63, 3.8) is 0 Å². The van der Waals surface area contributed by atoms with Crippen LogP contribution >= 0.6 is 0 Å². The highest BCUT2D eigenvalue weighted by Crippen LogP contribution is 2.19. The Labute approximate surface area is 176 Å². The number of aliphatic hydroxyl groups excluding tert-OH is 1. The van der Waals surface area contributed by atoms with E-state index in [4.69, 9.17) is 4.74 Å². The molecule has 3 N–H and O–H groups in total. The Balaban J connectivity index is 1.50. The molecule has 1 aromatic carbocycles. The number of hydrogen-bond acceptors (Lipinski definition) is 5.